The van der Waals surface area contributed by atoms with E-state index in [-0.39, 0.29) is 30.6 Å². The maximum atomic E-state index is 13.5. The second kappa shape index (κ2) is 9.88. The van der Waals surface area contributed by atoms with Gasteiger partial charge in [-0.2, -0.15) is 0 Å². The first-order chi connectivity index (χ1) is 13.6. The van der Waals surface area contributed by atoms with Crippen LogP contribution in [0.4, 0.5) is 15.8 Å². The quantitative estimate of drug-likeness (QED) is 0.720. The van der Waals surface area contributed by atoms with Crippen molar-refractivity contribution in [1.82, 2.24) is 5.32 Å². The second-order valence-corrected chi connectivity index (χ2v) is 7.01. The highest BCUT2D eigenvalue weighted by molar-refractivity contribution is 6.03. The standard InChI is InChI=1S/C22H26FN3O2/c23-20-7-3-2-6-17(20)12-13-24-21(27)16-22(28)25-18-8-10-19(11-9-18)26-14-4-1-5-15-26/h2-3,6-11H,1,4-5,12-16H2,(H,24,27)(H,25,28). The molecule has 1 saturated heterocycles. The van der Waals surface area contributed by atoms with E-state index in [1.54, 1.807) is 18.2 Å². The lowest BCUT2D eigenvalue weighted by Gasteiger charge is -2.28. The van der Waals surface area contributed by atoms with Crippen molar-refractivity contribution in [2.24, 2.45) is 0 Å². The molecule has 3 rings (SSSR count). The number of carbonyl (C=O) groups is 2. The van der Waals surface area contributed by atoms with Gasteiger partial charge >= 0.3 is 0 Å². The number of halogens is 1. The Morgan fingerprint density at radius 3 is 2.36 bits per heavy atom. The van der Waals surface area contributed by atoms with E-state index in [0.29, 0.717) is 17.7 Å². The van der Waals surface area contributed by atoms with Crippen molar-refractivity contribution in [3.05, 3.63) is 59.9 Å². The van der Waals surface area contributed by atoms with Crippen molar-refractivity contribution in [2.75, 3.05) is 29.9 Å². The van der Waals surface area contributed by atoms with Crippen LogP contribution in [0, 0.1) is 5.82 Å². The SMILES string of the molecule is O=C(CC(=O)Nc1ccc(N2CCCCC2)cc1)NCCc1ccccc1F. The zero-order valence-corrected chi connectivity index (χ0v) is 15.9. The molecule has 2 N–H and O–H groups in total. The van der Waals surface area contributed by atoms with Crippen LogP contribution in [0.25, 0.3) is 0 Å². The molecule has 0 unspecified atom stereocenters. The number of carbonyl (C=O) groups excluding carboxylic acids is 2. The minimum absolute atomic E-state index is 0.259. The Balaban J connectivity index is 1.40. The minimum atomic E-state index is -0.376. The zero-order chi connectivity index (χ0) is 19.8. The Bertz CT molecular complexity index is 802. The van der Waals surface area contributed by atoms with Gasteiger partial charge in [-0.15, -0.1) is 0 Å². The van der Waals surface area contributed by atoms with Crippen LogP contribution in [0.2, 0.25) is 0 Å². The third-order valence-corrected chi connectivity index (χ3v) is 4.87. The summed E-state index contributed by atoms with van der Waals surface area (Å²) in [6, 6.07) is 14.2. The van der Waals surface area contributed by atoms with Crippen LogP contribution in [-0.2, 0) is 16.0 Å². The fourth-order valence-corrected chi connectivity index (χ4v) is 3.36. The van der Waals surface area contributed by atoms with Crippen molar-refractivity contribution in [3.8, 4) is 0 Å². The van der Waals surface area contributed by atoms with Crippen LogP contribution in [0.3, 0.4) is 0 Å². The number of anilines is 2. The largest absolute Gasteiger partial charge is 0.372 e. The lowest BCUT2D eigenvalue weighted by molar-refractivity contribution is -0.126. The summed E-state index contributed by atoms with van der Waals surface area (Å²) in [5.41, 5.74) is 2.37. The van der Waals surface area contributed by atoms with Crippen molar-refractivity contribution >= 4 is 23.2 Å². The molecule has 0 bridgehead atoms. The monoisotopic (exact) mass is 383 g/mol. The van der Waals surface area contributed by atoms with Crippen LogP contribution < -0.4 is 15.5 Å². The third-order valence-electron chi connectivity index (χ3n) is 4.87. The highest BCUT2D eigenvalue weighted by Gasteiger charge is 2.12. The molecule has 0 radical (unpaired) electrons. The van der Waals surface area contributed by atoms with E-state index in [9.17, 15) is 14.0 Å². The zero-order valence-electron chi connectivity index (χ0n) is 15.9. The fourth-order valence-electron chi connectivity index (χ4n) is 3.36. The van der Waals surface area contributed by atoms with Gasteiger partial charge in [-0.05, 0) is 61.6 Å². The summed E-state index contributed by atoms with van der Waals surface area (Å²) in [6.45, 7) is 2.43. The van der Waals surface area contributed by atoms with Crippen molar-refractivity contribution in [2.45, 2.75) is 32.1 Å². The first kappa shape index (κ1) is 19.9. The smallest absolute Gasteiger partial charge is 0.233 e. The van der Waals surface area contributed by atoms with Crippen LogP contribution in [0.15, 0.2) is 48.5 Å². The second-order valence-electron chi connectivity index (χ2n) is 7.01. The molecule has 1 aliphatic heterocycles. The molecule has 0 saturated carbocycles. The number of benzene rings is 2. The van der Waals surface area contributed by atoms with Crippen molar-refractivity contribution in [1.29, 1.82) is 0 Å². The molecule has 1 fully saturated rings. The first-order valence-electron chi connectivity index (χ1n) is 9.77. The van der Waals surface area contributed by atoms with Gasteiger partial charge in [0.2, 0.25) is 11.8 Å². The molecule has 5 nitrogen and oxygen atoms in total. The predicted octanol–water partition coefficient (Wildman–Crippen LogP) is 3.50. The lowest BCUT2D eigenvalue weighted by Crippen LogP contribution is -2.30. The van der Waals surface area contributed by atoms with E-state index in [1.165, 1.54) is 25.3 Å². The molecular weight excluding hydrogens is 357 g/mol. The van der Waals surface area contributed by atoms with Gasteiger partial charge in [-0.25, -0.2) is 4.39 Å². The minimum Gasteiger partial charge on any atom is -0.372 e. The number of hydrogen-bond donors (Lipinski definition) is 2. The molecule has 0 aromatic heterocycles. The average molecular weight is 383 g/mol. The molecule has 28 heavy (non-hydrogen) atoms. The average Bonchev–Trinajstić information content (AvgIpc) is 2.70. The molecule has 2 aromatic carbocycles. The first-order valence-corrected chi connectivity index (χ1v) is 9.77. The molecule has 148 valence electrons. The Morgan fingerprint density at radius 2 is 1.64 bits per heavy atom. The predicted molar refractivity (Wildman–Crippen MR) is 109 cm³/mol. The summed E-state index contributed by atoms with van der Waals surface area (Å²) in [7, 11) is 0. The molecule has 0 aliphatic carbocycles. The Kier molecular flexibility index (Phi) is 7.00. The molecule has 0 atom stereocenters. The van der Waals surface area contributed by atoms with Gasteiger partial charge in [-0.1, -0.05) is 18.2 Å². The highest BCUT2D eigenvalue weighted by atomic mass is 19.1. The molecular formula is C22H26FN3O2. The maximum Gasteiger partial charge on any atom is 0.233 e. The molecule has 2 aromatic rings. The topological polar surface area (TPSA) is 61.4 Å². The van der Waals surface area contributed by atoms with Gasteiger partial charge in [0, 0.05) is 31.0 Å². The summed E-state index contributed by atoms with van der Waals surface area (Å²) in [6.07, 6.45) is 3.84. The van der Waals surface area contributed by atoms with Gasteiger partial charge in [0.1, 0.15) is 12.2 Å². The van der Waals surface area contributed by atoms with E-state index < -0.39 is 0 Å². The summed E-state index contributed by atoms with van der Waals surface area (Å²) in [4.78, 5) is 26.3. The normalized spacial score (nSPS) is 13.8. The third kappa shape index (κ3) is 5.81. The summed E-state index contributed by atoms with van der Waals surface area (Å²) in [5.74, 6) is -1.03. The van der Waals surface area contributed by atoms with E-state index in [4.69, 9.17) is 0 Å². The Hall–Kier alpha value is -2.89. The number of rotatable bonds is 7. The highest BCUT2D eigenvalue weighted by Crippen LogP contribution is 2.21. The fraction of sp³-hybridized carbons (Fsp3) is 0.364. The summed E-state index contributed by atoms with van der Waals surface area (Å²) in [5, 5.41) is 5.40. The number of piperidine rings is 1. The number of amides is 2. The van der Waals surface area contributed by atoms with Crippen molar-refractivity contribution in [3.63, 3.8) is 0 Å². The van der Waals surface area contributed by atoms with E-state index in [1.807, 2.05) is 24.3 Å². The van der Waals surface area contributed by atoms with Crippen molar-refractivity contribution < 1.29 is 14.0 Å². The molecule has 1 aliphatic rings. The molecule has 2 amide bonds. The van der Waals surface area contributed by atoms with Crippen LogP contribution in [-0.4, -0.2) is 31.4 Å². The number of nitrogens with one attached hydrogen (secondary N) is 2. The lowest BCUT2D eigenvalue weighted by atomic mass is 10.1. The van der Waals surface area contributed by atoms with Crippen LogP contribution in [0.1, 0.15) is 31.2 Å². The molecule has 0 spiro atoms. The van der Waals surface area contributed by atoms with Crippen LogP contribution >= 0.6 is 0 Å². The van der Waals surface area contributed by atoms with Gasteiger partial charge in [0.15, 0.2) is 0 Å². The van der Waals surface area contributed by atoms with E-state index in [0.717, 1.165) is 18.8 Å². The molecule has 6 heteroatoms. The Morgan fingerprint density at radius 1 is 0.929 bits per heavy atom. The van der Waals surface area contributed by atoms with E-state index >= 15 is 0 Å². The maximum absolute atomic E-state index is 13.5. The Labute approximate surface area is 164 Å². The number of nitrogens with zero attached hydrogens (tertiary/aromatic N) is 1. The molecule has 1 heterocycles. The summed E-state index contributed by atoms with van der Waals surface area (Å²) >= 11 is 0. The van der Waals surface area contributed by atoms with Gasteiger partial charge in [-0.3, -0.25) is 9.59 Å². The summed E-state index contributed by atoms with van der Waals surface area (Å²) < 4.78 is 13.5. The van der Waals surface area contributed by atoms with Gasteiger partial charge < -0.3 is 15.5 Å². The van der Waals surface area contributed by atoms with Gasteiger partial charge in [0.25, 0.3) is 0 Å². The van der Waals surface area contributed by atoms with Gasteiger partial charge in [0.05, 0.1) is 0 Å². The number of hydrogen-bond acceptors (Lipinski definition) is 3. The van der Waals surface area contributed by atoms with E-state index in [2.05, 4.69) is 15.5 Å². The van der Waals surface area contributed by atoms with Crippen LogP contribution in [0.5, 0.6) is 0 Å².